The summed E-state index contributed by atoms with van der Waals surface area (Å²) in [7, 11) is 0.628. The summed E-state index contributed by atoms with van der Waals surface area (Å²) in [4.78, 5) is 39.4. The molecule has 1 N–H and O–H groups in total. The van der Waals surface area contributed by atoms with Crippen molar-refractivity contribution < 1.29 is 32.6 Å². The molecule has 2 aromatic rings. The second-order valence-electron chi connectivity index (χ2n) is 8.10. The van der Waals surface area contributed by atoms with Gasteiger partial charge in [-0.3, -0.25) is 14.4 Å². The topological polar surface area (TPSA) is 142 Å². The monoisotopic (exact) mass is 493 g/mol. The van der Waals surface area contributed by atoms with Crippen molar-refractivity contribution in [3.8, 4) is 5.75 Å². The Balaban J connectivity index is 1.92. The number of aromatic nitrogens is 2. The Morgan fingerprint density at radius 2 is 1.85 bits per heavy atom. The highest BCUT2D eigenvalue weighted by Gasteiger charge is 2.43. The largest absolute Gasteiger partial charge is 0.480 e. The van der Waals surface area contributed by atoms with E-state index in [1.807, 2.05) is 0 Å². The van der Waals surface area contributed by atoms with Gasteiger partial charge < -0.3 is 14.7 Å². The van der Waals surface area contributed by atoms with Crippen molar-refractivity contribution in [2.45, 2.75) is 36.7 Å². The van der Waals surface area contributed by atoms with Crippen LogP contribution in [-0.2, 0) is 26.7 Å². The molecule has 1 saturated heterocycles. The molecular weight excluding hydrogens is 466 g/mol. The van der Waals surface area contributed by atoms with Gasteiger partial charge in [-0.25, -0.2) is 18.0 Å². The Morgan fingerprint density at radius 3 is 2.38 bits per heavy atom. The van der Waals surface area contributed by atoms with Gasteiger partial charge in [0.25, 0.3) is 0 Å². The van der Waals surface area contributed by atoms with E-state index >= 15 is 0 Å². The normalized spacial score (nSPS) is 17.2. The average molecular weight is 494 g/mol. The first-order chi connectivity index (χ1) is 15.9. The predicted octanol–water partition coefficient (Wildman–Crippen LogP) is 1.14. The molecule has 0 spiro atoms. The van der Waals surface area contributed by atoms with Gasteiger partial charge in [0.05, 0.1) is 6.20 Å². The molecule has 184 valence electrons. The van der Waals surface area contributed by atoms with E-state index in [2.05, 4.69) is 5.10 Å². The molecule has 0 unspecified atom stereocenters. The van der Waals surface area contributed by atoms with Crippen molar-refractivity contribution in [3.63, 3.8) is 0 Å². The van der Waals surface area contributed by atoms with Crippen LogP contribution >= 0.6 is 0 Å². The van der Waals surface area contributed by atoms with E-state index < -0.39 is 40.1 Å². The van der Waals surface area contributed by atoms with E-state index in [0.717, 1.165) is 9.21 Å². The second kappa shape index (κ2) is 9.81. The molecule has 0 radical (unpaired) electrons. The van der Waals surface area contributed by atoms with E-state index in [4.69, 9.17) is 4.74 Å². The number of nitrogens with zero attached hydrogens (tertiary/aromatic N) is 5. The van der Waals surface area contributed by atoms with Crippen LogP contribution in [0.4, 0.5) is 10.5 Å². The van der Waals surface area contributed by atoms with Gasteiger partial charge in [-0.2, -0.15) is 9.40 Å². The van der Waals surface area contributed by atoms with Crippen LogP contribution in [0.15, 0.2) is 41.6 Å². The summed E-state index contributed by atoms with van der Waals surface area (Å²) >= 11 is 0. The van der Waals surface area contributed by atoms with Crippen LogP contribution in [0.5, 0.6) is 5.75 Å². The summed E-state index contributed by atoms with van der Waals surface area (Å²) in [6.07, 6.45) is 2.66. The number of amides is 2. The maximum Gasteiger partial charge on any atom is 0.414 e. The maximum absolute atomic E-state index is 13.6. The number of carboxylic acid groups (broad SMARTS) is 1. The zero-order valence-corrected chi connectivity index (χ0v) is 20.1. The smallest absolute Gasteiger partial charge is 0.414 e. The Morgan fingerprint density at radius 1 is 1.21 bits per heavy atom. The molecule has 3 rings (SSSR count). The Hall–Kier alpha value is -3.45. The van der Waals surface area contributed by atoms with Gasteiger partial charge in [0, 0.05) is 39.6 Å². The fourth-order valence-electron chi connectivity index (χ4n) is 3.62. The summed E-state index contributed by atoms with van der Waals surface area (Å²) in [5, 5.41) is 13.5. The number of sulfonamides is 1. The fourth-order valence-corrected chi connectivity index (χ4v) is 5.26. The third-order valence-corrected chi connectivity index (χ3v) is 7.30. The number of aliphatic carboxylic acids is 1. The molecule has 1 aliphatic heterocycles. The number of anilines is 1. The van der Waals surface area contributed by atoms with Crippen molar-refractivity contribution in [1.29, 1.82) is 0 Å². The van der Waals surface area contributed by atoms with Gasteiger partial charge in [-0.15, -0.1) is 0 Å². The number of carbonyl (C=O) groups is 3. The highest BCUT2D eigenvalue weighted by molar-refractivity contribution is 7.89. The molecule has 1 aromatic heterocycles. The number of hydrogen-bond donors (Lipinski definition) is 1. The van der Waals surface area contributed by atoms with E-state index in [1.165, 1.54) is 67.3 Å². The second-order valence-corrected chi connectivity index (χ2v) is 9.99. The molecule has 2 atom stereocenters. The average Bonchev–Trinajstić information content (AvgIpc) is 3.44. The number of rotatable bonds is 7. The third kappa shape index (κ3) is 5.04. The summed E-state index contributed by atoms with van der Waals surface area (Å²) in [6.45, 7) is 1.47. The van der Waals surface area contributed by atoms with Crippen LogP contribution in [0.25, 0.3) is 0 Å². The van der Waals surface area contributed by atoms with E-state index in [1.54, 1.807) is 7.05 Å². The fraction of sp³-hybridized carbons (Fsp3) is 0.429. The molecular formula is C21H27N5O7S. The maximum atomic E-state index is 13.6. The van der Waals surface area contributed by atoms with E-state index in [-0.39, 0.29) is 29.3 Å². The summed E-state index contributed by atoms with van der Waals surface area (Å²) in [5.41, 5.74) is 0.232. The quantitative estimate of drug-likeness (QED) is 0.605. The molecule has 1 fully saturated rings. The summed E-state index contributed by atoms with van der Waals surface area (Å²) in [6, 6.07) is 3.42. The number of aryl methyl sites for hydroxylation is 1. The minimum absolute atomic E-state index is 0.0420. The van der Waals surface area contributed by atoms with E-state index in [9.17, 15) is 27.9 Å². The van der Waals surface area contributed by atoms with Crippen LogP contribution in [0.3, 0.4) is 0 Å². The van der Waals surface area contributed by atoms with Crippen LogP contribution < -0.4 is 9.64 Å². The van der Waals surface area contributed by atoms with Crippen molar-refractivity contribution >= 4 is 33.7 Å². The van der Waals surface area contributed by atoms with Crippen LogP contribution in [0.2, 0.25) is 0 Å². The van der Waals surface area contributed by atoms with Gasteiger partial charge in [0.2, 0.25) is 15.9 Å². The molecule has 2 amide bonds. The first-order valence-corrected chi connectivity index (χ1v) is 11.9. The van der Waals surface area contributed by atoms with Gasteiger partial charge in [-0.1, -0.05) is 0 Å². The molecule has 0 aliphatic carbocycles. The lowest BCUT2D eigenvalue weighted by atomic mass is 10.1. The molecule has 1 aromatic carbocycles. The number of hydrogen-bond acceptors (Lipinski definition) is 7. The van der Waals surface area contributed by atoms with Crippen molar-refractivity contribution in [2.24, 2.45) is 7.05 Å². The number of carboxylic acids is 1. The van der Waals surface area contributed by atoms with Crippen molar-refractivity contribution in [1.82, 2.24) is 19.0 Å². The number of ether oxygens (including phenoxy) is 1. The van der Waals surface area contributed by atoms with Gasteiger partial charge in [0.15, 0.2) is 0 Å². The van der Waals surface area contributed by atoms with Crippen LogP contribution in [-0.4, -0.2) is 83.2 Å². The molecule has 2 heterocycles. The van der Waals surface area contributed by atoms with Gasteiger partial charge in [-0.05, 0) is 44.0 Å². The summed E-state index contributed by atoms with van der Waals surface area (Å²) in [5.74, 6) is -1.70. The minimum atomic E-state index is -4.01. The molecule has 1 aliphatic rings. The first kappa shape index (κ1) is 25.2. The molecule has 34 heavy (non-hydrogen) atoms. The lowest BCUT2D eigenvalue weighted by molar-refractivity contribution is -0.140. The zero-order valence-electron chi connectivity index (χ0n) is 19.3. The summed E-state index contributed by atoms with van der Waals surface area (Å²) < 4.78 is 33.9. The Labute approximate surface area is 197 Å². The SMILES string of the molecule is C[C@@H](C(=O)O)N(C(=O)[C@@H]1CCCN1S(=O)(=O)c1cnn(C)c1)c1ccc(OC(=O)N(C)C)cc1. The van der Waals surface area contributed by atoms with Gasteiger partial charge >= 0.3 is 12.1 Å². The third-order valence-electron chi connectivity index (χ3n) is 5.44. The lowest BCUT2D eigenvalue weighted by Crippen LogP contribution is -2.52. The Bertz CT molecular complexity index is 1180. The number of carbonyl (C=O) groups excluding carboxylic acids is 2. The van der Waals surface area contributed by atoms with Gasteiger partial charge in [0.1, 0.15) is 22.7 Å². The first-order valence-electron chi connectivity index (χ1n) is 10.5. The lowest BCUT2D eigenvalue weighted by Gasteiger charge is -2.32. The molecule has 12 nitrogen and oxygen atoms in total. The van der Waals surface area contributed by atoms with Crippen LogP contribution in [0, 0.1) is 0 Å². The Kier molecular flexibility index (Phi) is 7.26. The highest BCUT2D eigenvalue weighted by Crippen LogP contribution is 2.30. The minimum Gasteiger partial charge on any atom is -0.480 e. The van der Waals surface area contributed by atoms with Crippen LogP contribution in [0.1, 0.15) is 19.8 Å². The number of benzene rings is 1. The highest BCUT2D eigenvalue weighted by atomic mass is 32.2. The molecule has 0 bridgehead atoms. The van der Waals surface area contributed by atoms with Crippen molar-refractivity contribution in [3.05, 3.63) is 36.7 Å². The molecule has 13 heteroatoms. The van der Waals surface area contributed by atoms with Crippen molar-refractivity contribution in [2.75, 3.05) is 25.5 Å². The van der Waals surface area contributed by atoms with E-state index in [0.29, 0.717) is 6.42 Å². The standard InChI is InChI=1S/C21H27N5O7S/c1-14(20(28)29)26(15-7-9-16(10-8-15)33-21(30)23(2)3)19(27)18-6-5-11-25(18)34(31,32)17-12-22-24(4)13-17/h7-10,12-14,18H,5-6,11H2,1-4H3,(H,28,29)/t14-,18-/m0/s1. The molecule has 0 saturated carbocycles. The zero-order chi connectivity index (χ0) is 25.2. The predicted molar refractivity (Wildman–Crippen MR) is 121 cm³/mol.